The summed E-state index contributed by atoms with van der Waals surface area (Å²) in [6.45, 7) is 6.31. The van der Waals surface area contributed by atoms with Crippen LogP contribution in [0.15, 0.2) is 30.3 Å². The Morgan fingerprint density at radius 2 is 1.88 bits per heavy atom. The van der Waals surface area contributed by atoms with E-state index in [1.54, 1.807) is 0 Å². The van der Waals surface area contributed by atoms with Crippen molar-refractivity contribution < 1.29 is 4.74 Å². The molecule has 0 spiro atoms. The molecule has 88 valence electrons. The van der Waals surface area contributed by atoms with Gasteiger partial charge < -0.3 is 4.74 Å². The molecule has 0 aromatic heterocycles. The monoisotopic (exact) mass is 219 g/mol. The summed E-state index contributed by atoms with van der Waals surface area (Å²) in [5, 5.41) is 0. The maximum absolute atomic E-state index is 5.37. The summed E-state index contributed by atoms with van der Waals surface area (Å²) in [4.78, 5) is 2.53. The molecule has 0 radical (unpaired) electrons. The lowest BCUT2D eigenvalue weighted by Crippen LogP contribution is -2.42. The summed E-state index contributed by atoms with van der Waals surface area (Å²) in [7, 11) is 0. The van der Waals surface area contributed by atoms with Crippen LogP contribution >= 0.6 is 0 Å². The summed E-state index contributed by atoms with van der Waals surface area (Å²) in [6.07, 6.45) is 2.42. The molecule has 0 saturated carbocycles. The van der Waals surface area contributed by atoms with Gasteiger partial charge in [0.15, 0.2) is 0 Å². The molecule has 1 aromatic carbocycles. The maximum Gasteiger partial charge on any atom is 0.0594 e. The summed E-state index contributed by atoms with van der Waals surface area (Å²) in [6, 6.07) is 11.4. The molecule has 1 saturated heterocycles. The van der Waals surface area contributed by atoms with E-state index in [1.165, 1.54) is 18.4 Å². The number of morpholine rings is 1. The van der Waals surface area contributed by atoms with E-state index in [0.717, 1.165) is 26.3 Å². The van der Waals surface area contributed by atoms with E-state index >= 15 is 0 Å². The van der Waals surface area contributed by atoms with Crippen LogP contribution in [0.25, 0.3) is 0 Å². The van der Waals surface area contributed by atoms with Crippen molar-refractivity contribution in [3.05, 3.63) is 35.9 Å². The summed E-state index contributed by atoms with van der Waals surface area (Å²) in [5.74, 6) is 0. The third-order valence-electron chi connectivity index (χ3n) is 3.36. The van der Waals surface area contributed by atoms with E-state index in [9.17, 15) is 0 Å². The van der Waals surface area contributed by atoms with Gasteiger partial charge >= 0.3 is 0 Å². The summed E-state index contributed by atoms with van der Waals surface area (Å²) >= 11 is 0. The first-order valence-corrected chi connectivity index (χ1v) is 6.22. The van der Waals surface area contributed by atoms with Crippen LogP contribution in [0.4, 0.5) is 0 Å². The Bertz CT molecular complexity index is 293. The van der Waals surface area contributed by atoms with Crippen LogP contribution in [-0.4, -0.2) is 37.2 Å². The van der Waals surface area contributed by atoms with E-state index in [0.29, 0.717) is 6.04 Å². The zero-order valence-corrected chi connectivity index (χ0v) is 10.1. The van der Waals surface area contributed by atoms with Gasteiger partial charge in [-0.2, -0.15) is 0 Å². The number of hydrogen-bond acceptors (Lipinski definition) is 2. The Balaban J connectivity index is 1.76. The van der Waals surface area contributed by atoms with Gasteiger partial charge in [0.1, 0.15) is 0 Å². The predicted molar refractivity (Wildman–Crippen MR) is 66.6 cm³/mol. The van der Waals surface area contributed by atoms with Gasteiger partial charge in [-0.15, -0.1) is 0 Å². The van der Waals surface area contributed by atoms with Crippen molar-refractivity contribution in [1.82, 2.24) is 4.90 Å². The number of rotatable bonds is 4. The highest BCUT2D eigenvalue weighted by molar-refractivity contribution is 5.14. The minimum atomic E-state index is 0.670. The van der Waals surface area contributed by atoms with Gasteiger partial charge in [0, 0.05) is 19.1 Å². The van der Waals surface area contributed by atoms with E-state index in [-0.39, 0.29) is 0 Å². The van der Waals surface area contributed by atoms with Crippen molar-refractivity contribution >= 4 is 0 Å². The minimum absolute atomic E-state index is 0.670. The molecule has 2 nitrogen and oxygen atoms in total. The van der Waals surface area contributed by atoms with Gasteiger partial charge in [-0.25, -0.2) is 0 Å². The van der Waals surface area contributed by atoms with Crippen LogP contribution in [0, 0.1) is 0 Å². The second-order valence-electron chi connectivity index (χ2n) is 4.52. The Morgan fingerprint density at radius 1 is 1.19 bits per heavy atom. The molecule has 1 aliphatic rings. The molecular formula is C14H21NO. The molecule has 0 N–H and O–H groups in total. The molecule has 0 amide bonds. The van der Waals surface area contributed by atoms with Gasteiger partial charge in [0.05, 0.1) is 13.2 Å². The molecule has 1 fully saturated rings. The quantitative estimate of drug-likeness (QED) is 0.770. The minimum Gasteiger partial charge on any atom is -0.379 e. The SMILES string of the molecule is C[C@H](CCc1ccccc1)N1CCOCC1. The van der Waals surface area contributed by atoms with E-state index in [1.807, 2.05) is 0 Å². The van der Waals surface area contributed by atoms with Crippen LogP contribution in [0.3, 0.4) is 0 Å². The Hall–Kier alpha value is -0.860. The maximum atomic E-state index is 5.37. The summed E-state index contributed by atoms with van der Waals surface area (Å²) in [5.41, 5.74) is 1.45. The molecule has 0 bridgehead atoms. The van der Waals surface area contributed by atoms with Crippen LogP contribution in [-0.2, 0) is 11.2 Å². The lowest BCUT2D eigenvalue weighted by atomic mass is 10.1. The first-order valence-electron chi connectivity index (χ1n) is 6.22. The molecule has 2 heteroatoms. The average molecular weight is 219 g/mol. The van der Waals surface area contributed by atoms with Gasteiger partial charge in [-0.05, 0) is 25.3 Å². The average Bonchev–Trinajstić information content (AvgIpc) is 2.38. The Labute approximate surface area is 98.2 Å². The van der Waals surface area contributed by atoms with E-state index in [2.05, 4.69) is 42.2 Å². The fourth-order valence-electron chi connectivity index (χ4n) is 2.22. The standard InChI is InChI=1S/C14H21NO/c1-13(15-9-11-16-12-10-15)7-8-14-5-3-2-4-6-14/h2-6,13H,7-12H2,1H3/t13-/m1/s1. The normalized spacial score (nSPS) is 19.6. The largest absolute Gasteiger partial charge is 0.379 e. The third-order valence-corrected chi connectivity index (χ3v) is 3.36. The fourth-order valence-corrected chi connectivity index (χ4v) is 2.22. The molecule has 16 heavy (non-hydrogen) atoms. The van der Waals surface area contributed by atoms with Gasteiger partial charge in [-0.3, -0.25) is 4.90 Å². The molecular weight excluding hydrogens is 198 g/mol. The Morgan fingerprint density at radius 3 is 2.56 bits per heavy atom. The van der Waals surface area contributed by atoms with Crippen LogP contribution < -0.4 is 0 Å². The van der Waals surface area contributed by atoms with Gasteiger partial charge in [0.25, 0.3) is 0 Å². The van der Waals surface area contributed by atoms with Crippen LogP contribution in [0.2, 0.25) is 0 Å². The highest BCUT2D eigenvalue weighted by Crippen LogP contribution is 2.11. The summed E-state index contributed by atoms with van der Waals surface area (Å²) < 4.78 is 5.37. The zero-order chi connectivity index (χ0) is 11.2. The van der Waals surface area contributed by atoms with Crippen molar-refractivity contribution in [2.24, 2.45) is 0 Å². The van der Waals surface area contributed by atoms with E-state index < -0.39 is 0 Å². The smallest absolute Gasteiger partial charge is 0.0594 e. The Kier molecular flexibility index (Phi) is 4.37. The van der Waals surface area contributed by atoms with Crippen molar-refractivity contribution in [3.8, 4) is 0 Å². The number of hydrogen-bond donors (Lipinski definition) is 0. The molecule has 0 unspecified atom stereocenters. The number of nitrogens with zero attached hydrogens (tertiary/aromatic N) is 1. The zero-order valence-electron chi connectivity index (χ0n) is 10.1. The van der Waals surface area contributed by atoms with Crippen molar-refractivity contribution in [2.75, 3.05) is 26.3 Å². The van der Waals surface area contributed by atoms with Gasteiger partial charge in [-0.1, -0.05) is 30.3 Å². The second kappa shape index (κ2) is 6.02. The fraction of sp³-hybridized carbons (Fsp3) is 0.571. The molecule has 1 heterocycles. The highest BCUT2D eigenvalue weighted by Gasteiger charge is 2.16. The van der Waals surface area contributed by atoms with Crippen molar-refractivity contribution in [1.29, 1.82) is 0 Å². The number of benzene rings is 1. The molecule has 0 aliphatic carbocycles. The van der Waals surface area contributed by atoms with Crippen LogP contribution in [0.5, 0.6) is 0 Å². The highest BCUT2D eigenvalue weighted by atomic mass is 16.5. The van der Waals surface area contributed by atoms with Crippen molar-refractivity contribution in [3.63, 3.8) is 0 Å². The van der Waals surface area contributed by atoms with Gasteiger partial charge in [0.2, 0.25) is 0 Å². The second-order valence-corrected chi connectivity index (χ2v) is 4.52. The topological polar surface area (TPSA) is 12.5 Å². The first-order chi connectivity index (χ1) is 7.86. The number of ether oxygens (including phenoxy) is 1. The molecule has 1 aliphatic heterocycles. The number of aryl methyl sites for hydroxylation is 1. The van der Waals surface area contributed by atoms with Crippen LogP contribution in [0.1, 0.15) is 18.9 Å². The van der Waals surface area contributed by atoms with E-state index in [4.69, 9.17) is 4.74 Å². The predicted octanol–water partition coefficient (Wildman–Crippen LogP) is 2.34. The third kappa shape index (κ3) is 3.32. The van der Waals surface area contributed by atoms with Crippen molar-refractivity contribution in [2.45, 2.75) is 25.8 Å². The molecule has 1 atom stereocenters. The first kappa shape index (κ1) is 11.6. The lowest BCUT2D eigenvalue weighted by molar-refractivity contribution is 0.0187. The molecule has 2 rings (SSSR count). The molecule has 1 aromatic rings. The lowest BCUT2D eigenvalue weighted by Gasteiger charge is -2.32.